The molecule has 0 aromatic heterocycles. The SMILES string of the molecule is S=P1(c2ccccc2)S[P+](S)(c2ccccc2)S1. The van der Waals surface area contributed by atoms with Crippen LogP contribution < -0.4 is 10.6 Å². The highest BCUT2D eigenvalue weighted by atomic mass is 33.8. The number of rotatable bonds is 2. The molecule has 1 fully saturated rings. The Bertz CT molecular complexity index is 590. The van der Waals surface area contributed by atoms with Crippen molar-refractivity contribution in [3.8, 4) is 0 Å². The normalized spacial score (nSPS) is 30.7. The van der Waals surface area contributed by atoms with Gasteiger partial charge in [-0.05, 0) is 12.1 Å². The van der Waals surface area contributed by atoms with Gasteiger partial charge in [-0.15, -0.1) is 0 Å². The van der Waals surface area contributed by atoms with E-state index in [4.69, 9.17) is 24.1 Å². The summed E-state index contributed by atoms with van der Waals surface area (Å²) in [6, 6.07) is 21.1. The first kappa shape index (κ1) is 13.5. The molecule has 6 heteroatoms. The highest BCUT2D eigenvalue weighted by Crippen LogP contribution is 3.11. The van der Waals surface area contributed by atoms with Crippen LogP contribution in [-0.2, 0) is 11.8 Å². The topological polar surface area (TPSA) is 0 Å². The second kappa shape index (κ2) is 5.16. The summed E-state index contributed by atoms with van der Waals surface area (Å²) in [5, 5.41) is 2.66. The van der Waals surface area contributed by atoms with Crippen LogP contribution in [-0.4, -0.2) is 0 Å². The van der Waals surface area contributed by atoms with E-state index in [2.05, 4.69) is 48.5 Å². The summed E-state index contributed by atoms with van der Waals surface area (Å²) in [6.07, 6.45) is 0. The van der Waals surface area contributed by atoms with Gasteiger partial charge in [-0.2, -0.15) is 0 Å². The lowest BCUT2D eigenvalue weighted by atomic mass is 10.4. The minimum Gasteiger partial charge on any atom is -0.0622 e. The second-order valence-electron chi connectivity index (χ2n) is 3.85. The van der Waals surface area contributed by atoms with Gasteiger partial charge < -0.3 is 0 Å². The van der Waals surface area contributed by atoms with E-state index < -0.39 is 9.31 Å². The van der Waals surface area contributed by atoms with Crippen LogP contribution in [0.2, 0.25) is 0 Å². The third kappa shape index (κ3) is 2.44. The number of hydrogen-bond acceptors (Lipinski definition) is 4. The van der Waals surface area contributed by atoms with Crippen molar-refractivity contribution in [3.05, 3.63) is 60.7 Å². The van der Waals surface area contributed by atoms with Crippen LogP contribution in [0, 0.1) is 0 Å². The molecule has 0 atom stereocenters. The molecule has 0 saturated carbocycles. The molecule has 0 unspecified atom stereocenters. The van der Waals surface area contributed by atoms with Gasteiger partial charge in [-0.25, -0.2) is 0 Å². The van der Waals surface area contributed by atoms with Gasteiger partial charge in [0.2, 0.25) is 4.87 Å². The zero-order valence-electron chi connectivity index (χ0n) is 9.34. The Labute approximate surface area is 126 Å². The first-order chi connectivity index (χ1) is 8.62. The van der Waals surface area contributed by atoms with Crippen LogP contribution in [0.1, 0.15) is 0 Å². The van der Waals surface area contributed by atoms with Crippen molar-refractivity contribution >= 4 is 66.0 Å². The number of thiol groups is 1. The predicted molar refractivity (Wildman–Crippen MR) is 97.5 cm³/mol. The van der Waals surface area contributed by atoms with Crippen LogP contribution in [0.4, 0.5) is 0 Å². The molecule has 2 aromatic carbocycles. The van der Waals surface area contributed by atoms with Gasteiger partial charge in [0.1, 0.15) is 27.3 Å². The predicted octanol–water partition coefficient (Wildman–Crippen LogP) is 5.12. The molecule has 2 aromatic rings. The van der Waals surface area contributed by atoms with Crippen molar-refractivity contribution in [2.45, 2.75) is 0 Å². The summed E-state index contributed by atoms with van der Waals surface area (Å²) in [7, 11) is 0. The molecule has 0 aliphatic carbocycles. The molecule has 1 aliphatic heterocycles. The molecule has 0 nitrogen and oxygen atoms in total. The van der Waals surface area contributed by atoms with Crippen molar-refractivity contribution < 1.29 is 0 Å². The van der Waals surface area contributed by atoms with Gasteiger partial charge in [-0.1, -0.05) is 60.3 Å². The Hall–Kier alpha value is 0.570. The van der Waals surface area contributed by atoms with Gasteiger partial charge in [0.05, 0.1) is 0 Å². The van der Waals surface area contributed by atoms with E-state index in [0.29, 0.717) is 0 Å². The van der Waals surface area contributed by atoms with Gasteiger partial charge >= 0.3 is 0 Å². The molecule has 0 N–H and O–H groups in total. The highest BCUT2D eigenvalue weighted by Gasteiger charge is 2.61. The fourth-order valence-corrected chi connectivity index (χ4v) is 45.6. The summed E-state index contributed by atoms with van der Waals surface area (Å²) < 4.78 is -1.49. The van der Waals surface area contributed by atoms with Gasteiger partial charge in [-0.3, -0.25) is 0 Å². The van der Waals surface area contributed by atoms with Crippen LogP contribution >= 0.6 is 43.6 Å². The van der Waals surface area contributed by atoms with Crippen LogP contribution in [0.3, 0.4) is 0 Å². The quantitative estimate of drug-likeness (QED) is 0.593. The zero-order valence-corrected chi connectivity index (χ0v) is 14.5. The summed E-state index contributed by atoms with van der Waals surface area (Å²) >= 11 is 14.7. The summed E-state index contributed by atoms with van der Waals surface area (Å²) in [6.45, 7) is 0. The van der Waals surface area contributed by atoms with E-state index in [1.54, 1.807) is 0 Å². The molecule has 92 valence electrons. The van der Waals surface area contributed by atoms with E-state index >= 15 is 0 Å². The smallest absolute Gasteiger partial charge is 0.0622 e. The van der Waals surface area contributed by atoms with Crippen LogP contribution in [0.5, 0.6) is 0 Å². The summed E-state index contributed by atoms with van der Waals surface area (Å²) in [5.41, 5.74) is 0. The fraction of sp³-hybridized carbons (Fsp3) is 0. The third-order valence-electron chi connectivity index (χ3n) is 2.59. The molecule has 18 heavy (non-hydrogen) atoms. The molecule has 0 spiro atoms. The van der Waals surface area contributed by atoms with E-state index in [0.717, 1.165) is 0 Å². The zero-order chi connectivity index (χ0) is 12.6. The van der Waals surface area contributed by atoms with Crippen molar-refractivity contribution in [2.24, 2.45) is 0 Å². The molecule has 3 rings (SSSR count). The maximum absolute atomic E-state index is 5.86. The highest BCUT2D eigenvalue weighted by molar-refractivity contribution is 9.54. The van der Waals surface area contributed by atoms with E-state index in [9.17, 15) is 0 Å². The summed E-state index contributed by atoms with van der Waals surface area (Å²) in [4.78, 5) is -1.41. The minimum atomic E-state index is -1.49. The summed E-state index contributed by atoms with van der Waals surface area (Å²) in [5.74, 6) is 0. The van der Waals surface area contributed by atoms with E-state index in [1.807, 2.05) is 34.1 Å². The minimum absolute atomic E-state index is 1.32. The van der Waals surface area contributed by atoms with Crippen molar-refractivity contribution in [1.82, 2.24) is 0 Å². The fourth-order valence-electron chi connectivity index (χ4n) is 1.71. The first-order valence-electron chi connectivity index (χ1n) is 5.38. The Morgan fingerprint density at radius 2 is 1.39 bits per heavy atom. The van der Waals surface area contributed by atoms with E-state index in [-0.39, 0.29) is 0 Å². The molecule has 1 aliphatic rings. The average Bonchev–Trinajstić information content (AvgIpc) is 2.39. The number of hydrogen-bond donors (Lipinski definition) is 1. The molecule has 0 amide bonds. The van der Waals surface area contributed by atoms with Crippen molar-refractivity contribution in [1.29, 1.82) is 0 Å². The monoisotopic (exact) mass is 345 g/mol. The molecular weight excluding hydrogens is 334 g/mol. The average molecular weight is 345 g/mol. The maximum Gasteiger partial charge on any atom is 0.232 e. The first-order valence-corrected chi connectivity index (χ1v) is 15.2. The molecular formula is C12H11P2S4+. The molecule has 0 radical (unpaired) electrons. The lowest BCUT2D eigenvalue weighted by molar-refractivity contribution is 1.78. The largest absolute Gasteiger partial charge is 0.232 e. The lowest BCUT2D eigenvalue weighted by Crippen LogP contribution is -2.10. The van der Waals surface area contributed by atoms with E-state index in [1.165, 1.54) is 10.6 Å². The van der Waals surface area contributed by atoms with Gasteiger partial charge in [0, 0.05) is 17.6 Å². The standard InChI is InChI=1S/C12H11P2S4/c15-13(11-7-3-1-4-8-11)17-14(16,18-13)12-9-5-2-6-10-12/h1-10,15H/q+1. The Balaban J connectivity index is 1.87. The molecule has 1 saturated heterocycles. The molecule has 1 heterocycles. The maximum atomic E-state index is 5.86. The third-order valence-corrected chi connectivity index (χ3v) is 34.4. The van der Waals surface area contributed by atoms with Crippen molar-refractivity contribution in [2.75, 3.05) is 0 Å². The van der Waals surface area contributed by atoms with Crippen LogP contribution in [0.15, 0.2) is 60.7 Å². The Kier molecular flexibility index (Phi) is 3.89. The number of benzene rings is 2. The van der Waals surface area contributed by atoms with Crippen LogP contribution in [0.25, 0.3) is 0 Å². The van der Waals surface area contributed by atoms with Gasteiger partial charge in [0.25, 0.3) is 0 Å². The van der Waals surface area contributed by atoms with Crippen molar-refractivity contribution in [3.63, 3.8) is 0 Å². The van der Waals surface area contributed by atoms with Gasteiger partial charge in [0.15, 0.2) is 4.44 Å². The molecule has 0 bridgehead atoms. The Morgan fingerprint density at radius 1 is 0.889 bits per heavy atom. The lowest BCUT2D eigenvalue weighted by Gasteiger charge is -2.34. The second-order valence-corrected chi connectivity index (χ2v) is 25.6. The Morgan fingerprint density at radius 3 is 1.94 bits per heavy atom.